The van der Waals surface area contributed by atoms with Crippen LogP contribution in [0.1, 0.15) is 41.0 Å². The van der Waals surface area contributed by atoms with Crippen LogP contribution >= 0.6 is 24.0 Å². The van der Waals surface area contributed by atoms with Crippen LogP contribution in [-0.4, -0.2) is 13.1 Å². The highest BCUT2D eigenvalue weighted by molar-refractivity contribution is 6.30. The van der Waals surface area contributed by atoms with Gasteiger partial charge in [-0.05, 0) is 66.2 Å². The van der Waals surface area contributed by atoms with Gasteiger partial charge < -0.3 is 5.32 Å². The van der Waals surface area contributed by atoms with Crippen molar-refractivity contribution in [3.63, 3.8) is 0 Å². The Hall–Kier alpha value is -1.28. The highest BCUT2D eigenvalue weighted by Gasteiger charge is 2.30. The van der Waals surface area contributed by atoms with Crippen LogP contribution in [0.5, 0.6) is 0 Å². The van der Waals surface area contributed by atoms with Crippen molar-refractivity contribution in [1.82, 2.24) is 5.32 Å². The standard InChI is InChI=1S/C20H20ClN.ClH/c21-17-8-7-15-6-5-14-3-1-2-4-18(14)20(19(15)13-17)16-9-11-22-12-10-16;/h1-8,13,16,20,22H,9-12H2;1H. The lowest BCUT2D eigenvalue weighted by molar-refractivity contribution is 0.342. The second-order valence-corrected chi connectivity index (χ2v) is 6.74. The van der Waals surface area contributed by atoms with Gasteiger partial charge in [-0.3, -0.25) is 0 Å². The first-order valence-electron chi connectivity index (χ1n) is 8.10. The number of benzene rings is 2. The van der Waals surface area contributed by atoms with E-state index in [2.05, 4.69) is 53.9 Å². The zero-order valence-corrected chi connectivity index (χ0v) is 14.5. The van der Waals surface area contributed by atoms with Gasteiger partial charge in [-0.15, -0.1) is 12.4 Å². The Bertz CT molecular complexity index is 717. The molecule has 1 saturated heterocycles. The summed E-state index contributed by atoms with van der Waals surface area (Å²) in [5.41, 5.74) is 5.50. The summed E-state index contributed by atoms with van der Waals surface area (Å²) in [4.78, 5) is 0. The van der Waals surface area contributed by atoms with Crippen molar-refractivity contribution in [2.24, 2.45) is 5.92 Å². The van der Waals surface area contributed by atoms with E-state index in [4.69, 9.17) is 11.6 Å². The van der Waals surface area contributed by atoms with Gasteiger partial charge in [0.1, 0.15) is 0 Å². The molecule has 1 N–H and O–H groups in total. The molecule has 1 aliphatic heterocycles. The van der Waals surface area contributed by atoms with Crippen LogP contribution in [0.15, 0.2) is 42.5 Å². The zero-order chi connectivity index (χ0) is 14.9. The fraction of sp³-hybridized carbons (Fsp3) is 0.300. The largest absolute Gasteiger partial charge is 0.317 e. The van der Waals surface area contributed by atoms with E-state index in [-0.39, 0.29) is 12.4 Å². The fourth-order valence-electron chi connectivity index (χ4n) is 3.95. The molecule has 0 aromatic heterocycles. The molecule has 1 aliphatic carbocycles. The van der Waals surface area contributed by atoms with E-state index in [0.717, 1.165) is 18.1 Å². The molecule has 1 nitrogen and oxygen atoms in total. The summed E-state index contributed by atoms with van der Waals surface area (Å²) in [7, 11) is 0. The number of rotatable bonds is 1. The normalized spacial score (nSPS) is 20.1. The quantitative estimate of drug-likeness (QED) is 0.731. The Morgan fingerprint density at radius 2 is 1.57 bits per heavy atom. The summed E-state index contributed by atoms with van der Waals surface area (Å²) in [6.45, 7) is 2.24. The van der Waals surface area contributed by atoms with Gasteiger partial charge in [0.05, 0.1) is 0 Å². The third-order valence-electron chi connectivity index (χ3n) is 5.01. The summed E-state index contributed by atoms with van der Waals surface area (Å²) in [5, 5.41) is 4.33. The minimum absolute atomic E-state index is 0. The van der Waals surface area contributed by atoms with Crippen molar-refractivity contribution in [3.8, 4) is 0 Å². The first kappa shape index (κ1) is 16.6. The molecule has 2 aliphatic rings. The number of hydrogen-bond donors (Lipinski definition) is 1. The van der Waals surface area contributed by atoms with Crippen LogP contribution in [0.4, 0.5) is 0 Å². The first-order chi connectivity index (χ1) is 10.8. The third kappa shape index (κ3) is 3.19. The van der Waals surface area contributed by atoms with Crippen LogP contribution in [-0.2, 0) is 0 Å². The summed E-state index contributed by atoms with van der Waals surface area (Å²) >= 11 is 6.32. The van der Waals surface area contributed by atoms with Crippen molar-refractivity contribution in [2.45, 2.75) is 18.8 Å². The molecule has 3 heteroatoms. The van der Waals surface area contributed by atoms with Crippen molar-refractivity contribution in [1.29, 1.82) is 0 Å². The molecule has 1 atom stereocenters. The van der Waals surface area contributed by atoms with Gasteiger partial charge >= 0.3 is 0 Å². The molecule has 1 heterocycles. The molecule has 2 aromatic rings. The van der Waals surface area contributed by atoms with E-state index in [9.17, 15) is 0 Å². The maximum atomic E-state index is 6.32. The summed E-state index contributed by atoms with van der Waals surface area (Å²) in [6.07, 6.45) is 6.95. The van der Waals surface area contributed by atoms with Crippen molar-refractivity contribution < 1.29 is 0 Å². The molecule has 0 saturated carbocycles. The highest BCUT2D eigenvalue weighted by Crippen LogP contribution is 2.43. The van der Waals surface area contributed by atoms with E-state index >= 15 is 0 Å². The van der Waals surface area contributed by atoms with Gasteiger partial charge in [-0.1, -0.05) is 54.1 Å². The van der Waals surface area contributed by atoms with Crippen LogP contribution in [0, 0.1) is 5.92 Å². The van der Waals surface area contributed by atoms with Crippen LogP contribution < -0.4 is 5.32 Å². The highest BCUT2D eigenvalue weighted by atomic mass is 35.5. The van der Waals surface area contributed by atoms with Gasteiger partial charge in [0.2, 0.25) is 0 Å². The van der Waals surface area contributed by atoms with E-state index < -0.39 is 0 Å². The minimum atomic E-state index is 0. The molecule has 2 aromatic carbocycles. The van der Waals surface area contributed by atoms with Gasteiger partial charge in [0.25, 0.3) is 0 Å². The summed E-state index contributed by atoms with van der Waals surface area (Å²) in [6, 6.07) is 15.2. The molecule has 120 valence electrons. The molecule has 0 radical (unpaired) electrons. The Balaban J connectivity index is 0.00000156. The van der Waals surface area contributed by atoms with Gasteiger partial charge in [0.15, 0.2) is 0 Å². The lowest BCUT2D eigenvalue weighted by Crippen LogP contribution is -2.31. The zero-order valence-electron chi connectivity index (χ0n) is 13.0. The lowest BCUT2D eigenvalue weighted by Gasteiger charge is -2.32. The number of halogens is 2. The molecule has 0 bridgehead atoms. The lowest BCUT2D eigenvalue weighted by atomic mass is 9.75. The molecular formula is C20H21Cl2N. The Kier molecular flexibility index (Phi) is 5.11. The Morgan fingerprint density at radius 1 is 0.870 bits per heavy atom. The van der Waals surface area contributed by atoms with Gasteiger partial charge in [0, 0.05) is 10.9 Å². The van der Waals surface area contributed by atoms with E-state index in [0.29, 0.717) is 11.8 Å². The maximum absolute atomic E-state index is 6.32. The predicted molar refractivity (Wildman–Crippen MR) is 102 cm³/mol. The Morgan fingerprint density at radius 3 is 2.35 bits per heavy atom. The smallest absolute Gasteiger partial charge is 0.0409 e. The third-order valence-corrected chi connectivity index (χ3v) is 5.25. The molecule has 0 amide bonds. The van der Waals surface area contributed by atoms with Gasteiger partial charge in [-0.25, -0.2) is 0 Å². The first-order valence-corrected chi connectivity index (χ1v) is 8.48. The summed E-state index contributed by atoms with van der Waals surface area (Å²) < 4.78 is 0. The Labute approximate surface area is 149 Å². The van der Waals surface area contributed by atoms with Crippen molar-refractivity contribution in [3.05, 3.63) is 69.7 Å². The predicted octanol–water partition coefficient (Wildman–Crippen LogP) is 5.38. The minimum Gasteiger partial charge on any atom is -0.317 e. The second-order valence-electron chi connectivity index (χ2n) is 6.30. The SMILES string of the molecule is Cl.Clc1ccc2c(c1)C(C1CCNCC1)c1ccccc1C=C2. The number of fused-ring (bicyclic) bond motifs is 2. The average Bonchev–Trinajstić information content (AvgIpc) is 2.72. The molecule has 23 heavy (non-hydrogen) atoms. The van der Waals surface area contributed by atoms with Crippen molar-refractivity contribution in [2.75, 3.05) is 13.1 Å². The molecule has 1 unspecified atom stereocenters. The molecular weight excluding hydrogens is 325 g/mol. The number of nitrogens with one attached hydrogen (secondary N) is 1. The maximum Gasteiger partial charge on any atom is 0.0409 e. The van der Waals surface area contributed by atoms with Crippen LogP contribution in [0.2, 0.25) is 5.02 Å². The van der Waals surface area contributed by atoms with Crippen LogP contribution in [0.25, 0.3) is 12.2 Å². The average molecular weight is 346 g/mol. The second kappa shape index (κ2) is 7.09. The molecule has 4 rings (SSSR count). The van der Waals surface area contributed by atoms with Gasteiger partial charge in [-0.2, -0.15) is 0 Å². The van der Waals surface area contributed by atoms with Crippen molar-refractivity contribution >= 4 is 36.2 Å². The molecule has 0 spiro atoms. The molecule has 1 fully saturated rings. The monoisotopic (exact) mass is 345 g/mol. The number of hydrogen-bond acceptors (Lipinski definition) is 1. The van der Waals surface area contributed by atoms with Crippen LogP contribution in [0.3, 0.4) is 0 Å². The van der Waals surface area contributed by atoms with E-state index in [1.807, 2.05) is 6.07 Å². The van der Waals surface area contributed by atoms with E-state index in [1.165, 1.54) is 35.1 Å². The van der Waals surface area contributed by atoms with E-state index in [1.54, 1.807) is 0 Å². The topological polar surface area (TPSA) is 12.0 Å². The fourth-order valence-corrected chi connectivity index (χ4v) is 4.13. The number of piperidine rings is 1. The summed E-state index contributed by atoms with van der Waals surface area (Å²) in [5.74, 6) is 1.13.